The minimum atomic E-state index is 0.296. The summed E-state index contributed by atoms with van der Waals surface area (Å²) < 4.78 is 11.1. The average Bonchev–Trinajstić information content (AvgIpc) is 2.67. The van der Waals surface area contributed by atoms with Crippen LogP contribution >= 0.6 is 11.8 Å². The highest BCUT2D eigenvalue weighted by atomic mass is 32.2. The predicted molar refractivity (Wildman–Crippen MR) is 110 cm³/mol. The number of aryl methyl sites for hydroxylation is 1. The second-order valence-corrected chi connectivity index (χ2v) is 7.57. The molecular formula is C22H24N2O2S. The second-order valence-electron chi connectivity index (χ2n) is 6.62. The van der Waals surface area contributed by atoms with E-state index in [1.54, 1.807) is 18.9 Å². The highest BCUT2D eigenvalue weighted by Crippen LogP contribution is 2.28. The minimum Gasteiger partial charge on any atom is -0.497 e. The average molecular weight is 381 g/mol. The first-order valence-corrected chi connectivity index (χ1v) is 9.91. The second kappa shape index (κ2) is 8.91. The lowest BCUT2D eigenvalue weighted by Gasteiger charge is -2.11. The Morgan fingerprint density at radius 3 is 2.37 bits per heavy atom. The van der Waals surface area contributed by atoms with E-state index in [-0.39, 0.29) is 0 Å². The molecule has 0 aliphatic carbocycles. The van der Waals surface area contributed by atoms with Gasteiger partial charge in [0.25, 0.3) is 0 Å². The Morgan fingerprint density at radius 1 is 0.963 bits per heavy atom. The number of thioether (sulfide) groups is 1. The van der Waals surface area contributed by atoms with Crippen LogP contribution in [0, 0.1) is 6.92 Å². The molecule has 0 unspecified atom stereocenters. The van der Waals surface area contributed by atoms with Crippen molar-refractivity contribution in [1.82, 2.24) is 9.97 Å². The van der Waals surface area contributed by atoms with Crippen LogP contribution in [0.5, 0.6) is 17.4 Å². The molecule has 140 valence electrons. The van der Waals surface area contributed by atoms with Crippen molar-refractivity contribution in [3.63, 3.8) is 0 Å². The first-order valence-electron chi connectivity index (χ1n) is 8.92. The number of aromatic nitrogens is 2. The van der Waals surface area contributed by atoms with E-state index >= 15 is 0 Å². The standard InChI is InChI=1S/C22H24N2O2S/c1-15(2)20-13-21(26-19-10-8-18(25-4)9-11-19)24-22(23-20)27-14-17-7-5-6-16(3)12-17/h5-13,15H,14H2,1-4H3. The SMILES string of the molecule is COc1ccc(Oc2cc(C(C)C)nc(SCc3cccc(C)c3)n2)cc1. The van der Waals surface area contributed by atoms with Gasteiger partial charge in [-0.15, -0.1) is 0 Å². The van der Waals surface area contributed by atoms with Crippen molar-refractivity contribution >= 4 is 11.8 Å². The van der Waals surface area contributed by atoms with Gasteiger partial charge in [-0.3, -0.25) is 0 Å². The summed E-state index contributed by atoms with van der Waals surface area (Å²) in [6.45, 7) is 6.34. The fourth-order valence-electron chi connectivity index (χ4n) is 2.55. The van der Waals surface area contributed by atoms with Crippen molar-refractivity contribution in [2.45, 2.75) is 37.6 Å². The number of benzene rings is 2. The number of hydrogen-bond donors (Lipinski definition) is 0. The molecule has 1 aromatic heterocycles. The van der Waals surface area contributed by atoms with Gasteiger partial charge in [-0.1, -0.05) is 55.4 Å². The van der Waals surface area contributed by atoms with Crippen LogP contribution in [0.4, 0.5) is 0 Å². The van der Waals surface area contributed by atoms with Crippen molar-refractivity contribution in [2.24, 2.45) is 0 Å². The number of rotatable bonds is 7. The van der Waals surface area contributed by atoms with E-state index in [9.17, 15) is 0 Å². The summed E-state index contributed by atoms with van der Waals surface area (Å²) in [6.07, 6.45) is 0. The lowest BCUT2D eigenvalue weighted by Crippen LogP contribution is -2.00. The summed E-state index contributed by atoms with van der Waals surface area (Å²) in [5.41, 5.74) is 3.49. The Morgan fingerprint density at radius 2 is 1.70 bits per heavy atom. The predicted octanol–water partition coefficient (Wildman–Crippen LogP) is 6.00. The monoisotopic (exact) mass is 380 g/mol. The van der Waals surface area contributed by atoms with Crippen molar-refractivity contribution in [1.29, 1.82) is 0 Å². The van der Waals surface area contributed by atoms with Crippen LogP contribution in [-0.2, 0) is 5.75 Å². The van der Waals surface area contributed by atoms with Crippen LogP contribution in [-0.4, -0.2) is 17.1 Å². The molecule has 5 heteroatoms. The molecule has 0 saturated carbocycles. The maximum absolute atomic E-state index is 5.96. The maximum atomic E-state index is 5.96. The molecule has 0 aliphatic heterocycles. The fourth-order valence-corrected chi connectivity index (χ4v) is 3.35. The van der Waals surface area contributed by atoms with E-state index < -0.39 is 0 Å². The molecule has 0 fully saturated rings. The van der Waals surface area contributed by atoms with E-state index in [4.69, 9.17) is 14.5 Å². The van der Waals surface area contributed by atoms with Gasteiger partial charge in [0.15, 0.2) is 5.16 Å². The van der Waals surface area contributed by atoms with Gasteiger partial charge in [0.05, 0.1) is 12.8 Å². The van der Waals surface area contributed by atoms with Gasteiger partial charge < -0.3 is 9.47 Å². The van der Waals surface area contributed by atoms with Crippen molar-refractivity contribution < 1.29 is 9.47 Å². The topological polar surface area (TPSA) is 44.2 Å². The first kappa shape index (κ1) is 19.2. The van der Waals surface area contributed by atoms with Crippen LogP contribution in [0.1, 0.15) is 36.6 Å². The van der Waals surface area contributed by atoms with E-state index in [0.29, 0.717) is 11.8 Å². The van der Waals surface area contributed by atoms with Crippen molar-refractivity contribution in [3.8, 4) is 17.4 Å². The molecule has 0 N–H and O–H groups in total. The van der Waals surface area contributed by atoms with Crippen molar-refractivity contribution in [3.05, 3.63) is 71.4 Å². The Balaban J connectivity index is 1.79. The number of nitrogens with zero attached hydrogens (tertiary/aromatic N) is 2. The van der Waals surface area contributed by atoms with Gasteiger partial charge in [0.1, 0.15) is 11.5 Å². The summed E-state index contributed by atoms with van der Waals surface area (Å²) in [5, 5.41) is 0.728. The zero-order valence-electron chi connectivity index (χ0n) is 16.1. The molecule has 0 saturated heterocycles. The Kier molecular flexibility index (Phi) is 6.35. The van der Waals surface area contributed by atoms with Gasteiger partial charge >= 0.3 is 0 Å². The Bertz CT molecular complexity index is 895. The quantitative estimate of drug-likeness (QED) is 0.371. The maximum Gasteiger partial charge on any atom is 0.223 e. The fraction of sp³-hybridized carbons (Fsp3) is 0.273. The number of ether oxygens (including phenoxy) is 2. The molecule has 0 amide bonds. The zero-order valence-corrected chi connectivity index (χ0v) is 16.9. The molecule has 2 aromatic carbocycles. The third kappa shape index (κ3) is 5.47. The molecule has 0 atom stereocenters. The first-order chi connectivity index (χ1) is 13.0. The third-order valence-corrected chi connectivity index (χ3v) is 4.94. The normalized spacial score (nSPS) is 10.9. The number of hydrogen-bond acceptors (Lipinski definition) is 5. The lowest BCUT2D eigenvalue weighted by molar-refractivity contribution is 0.411. The molecule has 0 aliphatic rings. The van der Waals surface area contributed by atoms with E-state index in [2.05, 4.69) is 50.0 Å². The summed E-state index contributed by atoms with van der Waals surface area (Å²) in [7, 11) is 1.65. The summed E-state index contributed by atoms with van der Waals surface area (Å²) in [4.78, 5) is 9.28. The molecule has 4 nitrogen and oxygen atoms in total. The molecule has 0 bridgehead atoms. The van der Waals surface area contributed by atoms with Gasteiger partial charge in [0, 0.05) is 11.8 Å². The van der Waals surface area contributed by atoms with Gasteiger partial charge in [-0.25, -0.2) is 4.98 Å². The summed E-state index contributed by atoms with van der Waals surface area (Å²) in [6, 6.07) is 17.9. The molecule has 1 heterocycles. The van der Waals surface area contributed by atoms with Gasteiger partial charge in [0.2, 0.25) is 5.88 Å². The van der Waals surface area contributed by atoms with Crippen molar-refractivity contribution in [2.75, 3.05) is 7.11 Å². The molecule has 0 radical (unpaired) electrons. The lowest BCUT2D eigenvalue weighted by atomic mass is 10.1. The van der Waals surface area contributed by atoms with Crippen LogP contribution in [0.15, 0.2) is 59.8 Å². The Hall–Kier alpha value is -2.53. The minimum absolute atomic E-state index is 0.296. The van der Waals surface area contributed by atoms with Crippen LogP contribution in [0.25, 0.3) is 0 Å². The molecule has 27 heavy (non-hydrogen) atoms. The zero-order chi connectivity index (χ0) is 19.2. The van der Waals surface area contributed by atoms with Gasteiger partial charge in [-0.2, -0.15) is 4.98 Å². The number of methoxy groups -OCH3 is 1. The smallest absolute Gasteiger partial charge is 0.223 e. The largest absolute Gasteiger partial charge is 0.497 e. The molecular weight excluding hydrogens is 356 g/mol. The Labute approximate surface area is 165 Å². The summed E-state index contributed by atoms with van der Waals surface area (Å²) >= 11 is 1.62. The summed E-state index contributed by atoms with van der Waals surface area (Å²) in [5.74, 6) is 3.20. The van der Waals surface area contributed by atoms with Crippen LogP contribution < -0.4 is 9.47 Å². The highest BCUT2D eigenvalue weighted by Gasteiger charge is 2.11. The molecule has 3 aromatic rings. The highest BCUT2D eigenvalue weighted by molar-refractivity contribution is 7.98. The molecule has 0 spiro atoms. The van der Waals surface area contributed by atoms with Crippen LogP contribution in [0.3, 0.4) is 0 Å². The van der Waals surface area contributed by atoms with E-state index in [1.165, 1.54) is 11.1 Å². The molecule has 3 rings (SSSR count). The van der Waals surface area contributed by atoms with E-state index in [0.717, 1.165) is 28.1 Å². The third-order valence-electron chi connectivity index (χ3n) is 4.03. The van der Waals surface area contributed by atoms with Crippen LogP contribution in [0.2, 0.25) is 0 Å². The van der Waals surface area contributed by atoms with Gasteiger partial charge in [-0.05, 0) is 42.7 Å². The van der Waals surface area contributed by atoms with E-state index in [1.807, 2.05) is 30.3 Å².